The Balaban J connectivity index is 2.35. The zero-order valence-corrected chi connectivity index (χ0v) is 12.4. The third-order valence-electron chi connectivity index (χ3n) is 3.18. The summed E-state index contributed by atoms with van der Waals surface area (Å²) in [5.74, 6) is -0.276. The largest absolute Gasteiger partial charge is 0.465 e. The van der Waals surface area contributed by atoms with Crippen molar-refractivity contribution in [2.24, 2.45) is 0 Å². The molecule has 0 fully saturated rings. The van der Waals surface area contributed by atoms with Crippen molar-refractivity contribution in [2.45, 2.75) is 33.1 Å². The lowest BCUT2D eigenvalue weighted by Gasteiger charge is -2.16. The highest BCUT2D eigenvalue weighted by molar-refractivity contribution is 5.80. The molecule has 0 saturated heterocycles. The molecule has 0 aliphatic heterocycles. The van der Waals surface area contributed by atoms with Gasteiger partial charge in [0.2, 0.25) is 11.7 Å². The van der Waals surface area contributed by atoms with Crippen molar-refractivity contribution in [3.05, 3.63) is 35.5 Å². The SMILES string of the molecule is CCOC(=O)C(C)(C)c1nc(-c2ccc(F)cc2C)no1. The van der Waals surface area contributed by atoms with Crippen molar-refractivity contribution in [3.63, 3.8) is 0 Å². The molecule has 112 valence electrons. The molecular weight excluding hydrogens is 275 g/mol. The van der Waals surface area contributed by atoms with Crippen molar-refractivity contribution in [1.29, 1.82) is 0 Å². The molecule has 2 aromatic rings. The van der Waals surface area contributed by atoms with Crippen LogP contribution in [-0.2, 0) is 14.9 Å². The van der Waals surface area contributed by atoms with E-state index in [0.29, 0.717) is 17.0 Å². The van der Waals surface area contributed by atoms with Crippen LogP contribution in [0.5, 0.6) is 0 Å². The molecule has 1 heterocycles. The van der Waals surface area contributed by atoms with Gasteiger partial charge in [-0.3, -0.25) is 4.79 Å². The molecule has 5 nitrogen and oxygen atoms in total. The zero-order valence-electron chi connectivity index (χ0n) is 12.4. The number of nitrogens with zero attached hydrogens (tertiary/aromatic N) is 2. The van der Waals surface area contributed by atoms with E-state index in [9.17, 15) is 9.18 Å². The number of halogens is 1. The molecule has 0 amide bonds. The van der Waals surface area contributed by atoms with E-state index in [1.807, 2.05) is 0 Å². The highest BCUT2D eigenvalue weighted by Gasteiger charge is 2.37. The van der Waals surface area contributed by atoms with Gasteiger partial charge in [0.05, 0.1) is 6.61 Å². The Morgan fingerprint density at radius 2 is 2.14 bits per heavy atom. The van der Waals surface area contributed by atoms with Gasteiger partial charge in [-0.1, -0.05) is 5.16 Å². The molecule has 0 bridgehead atoms. The molecule has 6 heteroatoms. The molecule has 0 unspecified atom stereocenters. The van der Waals surface area contributed by atoms with Gasteiger partial charge in [0.1, 0.15) is 11.2 Å². The van der Waals surface area contributed by atoms with Crippen LogP contribution in [-0.4, -0.2) is 22.7 Å². The smallest absolute Gasteiger partial charge is 0.321 e. The number of aryl methyl sites for hydroxylation is 1. The van der Waals surface area contributed by atoms with E-state index in [1.54, 1.807) is 33.8 Å². The van der Waals surface area contributed by atoms with Gasteiger partial charge in [0.25, 0.3) is 0 Å². The topological polar surface area (TPSA) is 65.2 Å². The number of ether oxygens (including phenoxy) is 1. The summed E-state index contributed by atoms with van der Waals surface area (Å²) in [6.45, 7) is 7.07. The standard InChI is InChI=1S/C15H17FN2O3/c1-5-20-14(19)15(3,4)13-17-12(18-21-13)11-7-6-10(16)8-9(11)2/h6-8H,5H2,1-4H3. The van der Waals surface area contributed by atoms with E-state index in [2.05, 4.69) is 10.1 Å². The van der Waals surface area contributed by atoms with Crippen LogP contribution in [0.3, 0.4) is 0 Å². The molecule has 0 N–H and O–H groups in total. The van der Waals surface area contributed by atoms with Gasteiger partial charge in [-0.05, 0) is 51.5 Å². The molecule has 0 radical (unpaired) electrons. The van der Waals surface area contributed by atoms with Crippen LogP contribution in [0.2, 0.25) is 0 Å². The number of hydrogen-bond donors (Lipinski definition) is 0. The fourth-order valence-electron chi connectivity index (χ4n) is 1.86. The summed E-state index contributed by atoms with van der Waals surface area (Å²) in [7, 11) is 0. The van der Waals surface area contributed by atoms with Gasteiger partial charge in [-0.2, -0.15) is 4.98 Å². The Morgan fingerprint density at radius 3 is 2.76 bits per heavy atom. The number of aromatic nitrogens is 2. The average Bonchev–Trinajstić information content (AvgIpc) is 2.89. The van der Waals surface area contributed by atoms with E-state index >= 15 is 0 Å². The maximum absolute atomic E-state index is 13.1. The van der Waals surface area contributed by atoms with Crippen molar-refractivity contribution in [1.82, 2.24) is 10.1 Å². The third-order valence-corrected chi connectivity index (χ3v) is 3.18. The first-order valence-electron chi connectivity index (χ1n) is 6.64. The molecule has 2 rings (SSSR count). The fraction of sp³-hybridized carbons (Fsp3) is 0.400. The van der Waals surface area contributed by atoms with Gasteiger partial charge >= 0.3 is 5.97 Å². The van der Waals surface area contributed by atoms with Gasteiger partial charge in [-0.15, -0.1) is 0 Å². The monoisotopic (exact) mass is 292 g/mol. The molecular formula is C15H17FN2O3. The summed E-state index contributed by atoms with van der Waals surface area (Å²) in [5.41, 5.74) is 0.317. The van der Waals surface area contributed by atoms with Crippen molar-refractivity contribution < 1.29 is 18.4 Å². The highest BCUT2D eigenvalue weighted by atomic mass is 19.1. The van der Waals surface area contributed by atoms with Gasteiger partial charge in [0.15, 0.2) is 0 Å². The Hall–Kier alpha value is -2.24. The summed E-state index contributed by atoms with van der Waals surface area (Å²) in [5, 5.41) is 3.87. The normalized spacial score (nSPS) is 11.5. The maximum Gasteiger partial charge on any atom is 0.321 e. The van der Waals surface area contributed by atoms with Crippen LogP contribution in [0.4, 0.5) is 4.39 Å². The van der Waals surface area contributed by atoms with Gasteiger partial charge in [0, 0.05) is 5.56 Å². The van der Waals surface area contributed by atoms with Crippen LogP contribution in [0.1, 0.15) is 32.2 Å². The van der Waals surface area contributed by atoms with Crippen LogP contribution >= 0.6 is 0 Å². The summed E-state index contributed by atoms with van der Waals surface area (Å²) in [6, 6.07) is 4.30. The maximum atomic E-state index is 13.1. The molecule has 1 aromatic heterocycles. The molecule has 0 aliphatic carbocycles. The summed E-state index contributed by atoms with van der Waals surface area (Å²) < 4.78 is 23.3. The van der Waals surface area contributed by atoms with E-state index < -0.39 is 11.4 Å². The number of benzene rings is 1. The summed E-state index contributed by atoms with van der Waals surface area (Å²) >= 11 is 0. The summed E-state index contributed by atoms with van der Waals surface area (Å²) in [6.07, 6.45) is 0. The number of rotatable bonds is 4. The van der Waals surface area contributed by atoms with E-state index in [0.717, 1.165) is 0 Å². The molecule has 0 saturated carbocycles. The Bertz CT molecular complexity index is 665. The van der Waals surface area contributed by atoms with Gasteiger partial charge in [-0.25, -0.2) is 4.39 Å². The molecule has 0 spiro atoms. The van der Waals surface area contributed by atoms with E-state index in [-0.39, 0.29) is 18.3 Å². The van der Waals surface area contributed by atoms with Crippen LogP contribution in [0.15, 0.2) is 22.7 Å². The van der Waals surface area contributed by atoms with Crippen molar-refractivity contribution in [2.75, 3.05) is 6.61 Å². The lowest BCUT2D eigenvalue weighted by molar-refractivity contribution is -0.149. The first-order chi connectivity index (χ1) is 9.86. The fourth-order valence-corrected chi connectivity index (χ4v) is 1.86. The minimum Gasteiger partial charge on any atom is -0.465 e. The predicted molar refractivity (Wildman–Crippen MR) is 74.1 cm³/mol. The lowest BCUT2D eigenvalue weighted by Crippen LogP contribution is -2.31. The van der Waals surface area contributed by atoms with Crippen molar-refractivity contribution in [3.8, 4) is 11.4 Å². The number of carbonyl (C=O) groups is 1. The third kappa shape index (κ3) is 2.94. The minimum atomic E-state index is -1.03. The van der Waals surface area contributed by atoms with Crippen molar-refractivity contribution >= 4 is 5.97 Å². The lowest BCUT2D eigenvalue weighted by atomic mass is 9.93. The van der Waals surface area contributed by atoms with E-state index in [4.69, 9.17) is 9.26 Å². The predicted octanol–water partition coefficient (Wildman–Crippen LogP) is 3.02. The summed E-state index contributed by atoms with van der Waals surface area (Å²) in [4.78, 5) is 16.2. The van der Waals surface area contributed by atoms with Crippen LogP contribution in [0.25, 0.3) is 11.4 Å². The number of carbonyl (C=O) groups excluding carboxylic acids is 1. The second-order valence-corrected chi connectivity index (χ2v) is 5.23. The molecule has 0 atom stereocenters. The van der Waals surface area contributed by atoms with Gasteiger partial charge < -0.3 is 9.26 Å². The quantitative estimate of drug-likeness (QED) is 0.810. The van der Waals surface area contributed by atoms with E-state index in [1.165, 1.54) is 12.1 Å². The highest BCUT2D eigenvalue weighted by Crippen LogP contribution is 2.27. The number of esters is 1. The average molecular weight is 292 g/mol. The Labute approximate surface area is 122 Å². The number of hydrogen-bond acceptors (Lipinski definition) is 5. The van der Waals surface area contributed by atoms with Crippen LogP contribution in [0, 0.1) is 12.7 Å². The zero-order chi connectivity index (χ0) is 15.6. The Morgan fingerprint density at radius 1 is 1.43 bits per heavy atom. The molecule has 0 aliphatic rings. The first kappa shape index (κ1) is 15.2. The molecule has 21 heavy (non-hydrogen) atoms. The van der Waals surface area contributed by atoms with Crippen LogP contribution < -0.4 is 0 Å². The first-order valence-corrected chi connectivity index (χ1v) is 6.64. The minimum absolute atomic E-state index is 0.166. The Kier molecular flexibility index (Phi) is 4.06. The second kappa shape index (κ2) is 5.63. The molecule has 1 aromatic carbocycles. The second-order valence-electron chi connectivity index (χ2n) is 5.23.